The van der Waals surface area contributed by atoms with Crippen LogP contribution in [-0.2, 0) is 4.79 Å². The van der Waals surface area contributed by atoms with Gasteiger partial charge in [0.25, 0.3) is 5.91 Å². The summed E-state index contributed by atoms with van der Waals surface area (Å²) in [4.78, 5) is 25.3. The van der Waals surface area contributed by atoms with Crippen LogP contribution in [0.2, 0.25) is 0 Å². The van der Waals surface area contributed by atoms with Crippen molar-refractivity contribution in [2.24, 2.45) is 0 Å². The normalized spacial score (nSPS) is 10.2. The van der Waals surface area contributed by atoms with Crippen LogP contribution in [0, 0.1) is 12.7 Å². The number of nitrogens with one attached hydrogen (secondary N) is 1. The molecule has 0 saturated heterocycles. The highest BCUT2D eigenvalue weighted by Crippen LogP contribution is 2.14. The van der Waals surface area contributed by atoms with Crippen molar-refractivity contribution >= 4 is 17.5 Å². The molecule has 0 aliphatic rings. The molecule has 4 nitrogen and oxygen atoms in total. The number of hydrogen-bond donors (Lipinski definition) is 1. The molecule has 0 heterocycles. The van der Waals surface area contributed by atoms with E-state index in [1.54, 1.807) is 11.0 Å². The lowest BCUT2D eigenvalue weighted by Crippen LogP contribution is -2.37. The summed E-state index contributed by atoms with van der Waals surface area (Å²) in [6.45, 7) is 4.08. The topological polar surface area (TPSA) is 49.4 Å². The number of carbonyl (C=O) groups is 2. The maximum Gasteiger partial charge on any atom is 0.251 e. The quantitative estimate of drug-likeness (QED) is 0.922. The molecule has 0 aliphatic carbocycles. The fraction of sp³-hybridized carbons (Fsp3) is 0.222. The van der Waals surface area contributed by atoms with E-state index in [2.05, 4.69) is 5.32 Å². The Balaban J connectivity index is 1.96. The summed E-state index contributed by atoms with van der Waals surface area (Å²) in [7, 11) is 0. The molecule has 0 radical (unpaired) electrons. The van der Waals surface area contributed by atoms with E-state index in [1.807, 2.05) is 31.2 Å². The van der Waals surface area contributed by atoms with Gasteiger partial charge in [0.15, 0.2) is 0 Å². The number of hydrogen-bond acceptors (Lipinski definition) is 2. The van der Waals surface area contributed by atoms with Crippen molar-refractivity contribution in [3.63, 3.8) is 0 Å². The summed E-state index contributed by atoms with van der Waals surface area (Å²) >= 11 is 0. The van der Waals surface area contributed by atoms with Crippen LogP contribution in [-0.4, -0.2) is 24.9 Å². The molecule has 0 spiro atoms. The van der Waals surface area contributed by atoms with Gasteiger partial charge in [-0.2, -0.15) is 0 Å². The number of aryl methyl sites for hydroxylation is 1. The Morgan fingerprint density at radius 1 is 1.13 bits per heavy atom. The summed E-state index contributed by atoms with van der Waals surface area (Å²) in [5, 5.41) is 2.69. The van der Waals surface area contributed by atoms with Gasteiger partial charge in [0.05, 0.1) is 0 Å². The first-order valence-electron chi connectivity index (χ1n) is 7.36. The predicted octanol–water partition coefficient (Wildman–Crippen LogP) is 2.92. The highest BCUT2D eigenvalue weighted by molar-refractivity contribution is 5.94. The minimum atomic E-state index is -0.456. The van der Waals surface area contributed by atoms with Crippen molar-refractivity contribution in [3.8, 4) is 0 Å². The molecular formula is C18H19FN2O2. The molecule has 0 saturated carbocycles. The minimum Gasteiger partial charge on any atom is -0.350 e. The lowest BCUT2D eigenvalue weighted by Gasteiger charge is -2.21. The van der Waals surface area contributed by atoms with Gasteiger partial charge < -0.3 is 10.2 Å². The van der Waals surface area contributed by atoms with E-state index in [4.69, 9.17) is 0 Å². The second-order valence-corrected chi connectivity index (χ2v) is 5.27. The zero-order chi connectivity index (χ0) is 16.8. The second kappa shape index (κ2) is 7.54. The van der Waals surface area contributed by atoms with E-state index >= 15 is 0 Å². The van der Waals surface area contributed by atoms with E-state index in [-0.39, 0.29) is 23.9 Å². The third kappa shape index (κ3) is 4.64. The maximum absolute atomic E-state index is 13.1. The Morgan fingerprint density at radius 2 is 1.83 bits per heavy atom. The van der Waals surface area contributed by atoms with Crippen molar-refractivity contribution in [2.75, 3.05) is 18.0 Å². The van der Waals surface area contributed by atoms with E-state index in [1.165, 1.54) is 25.1 Å². The highest BCUT2D eigenvalue weighted by atomic mass is 19.1. The van der Waals surface area contributed by atoms with Crippen LogP contribution >= 0.6 is 0 Å². The minimum absolute atomic E-state index is 0.103. The average molecular weight is 314 g/mol. The fourth-order valence-electron chi connectivity index (χ4n) is 2.21. The highest BCUT2D eigenvalue weighted by Gasteiger charge is 2.12. The van der Waals surface area contributed by atoms with Crippen molar-refractivity contribution < 1.29 is 14.0 Å². The zero-order valence-corrected chi connectivity index (χ0v) is 13.2. The van der Waals surface area contributed by atoms with Gasteiger partial charge in [0, 0.05) is 31.3 Å². The molecule has 0 unspecified atom stereocenters. The van der Waals surface area contributed by atoms with Crippen molar-refractivity contribution in [1.29, 1.82) is 0 Å². The Hall–Kier alpha value is -2.69. The average Bonchev–Trinajstić information content (AvgIpc) is 2.52. The van der Waals surface area contributed by atoms with Gasteiger partial charge in [-0.05, 0) is 37.3 Å². The Bertz CT molecular complexity index is 698. The molecule has 2 rings (SSSR count). The maximum atomic E-state index is 13.1. The van der Waals surface area contributed by atoms with Gasteiger partial charge in [-0.15, -0.1) is 0 Å². The molecule has 2 aromatic carbocycles. The molecule has 0 aliphatic heterocycles. The Morgan fingerprint density at radius 3 is 2.43 bits per heavy atom. The Labute approximate surface area is 134 Å². The van der Waals surface area contributed by atoms with Crippen molar-refractivity contribution in [1.82, 2.24) is 5.32 Å². The van der Waals surface area contributed by atoms with Crippen LogP contribution in [0.4, 0.5) is 10.1 Å². The van der Waals surface area contributed by atoms with Gasteiger partial charge >= 0.3 is 0 Å². The fourth-order valence-corrected chi connectivity index (χ4v) is 2.21. The molecule has 5 heteroatoms. The Kier molecular flexibility index (Phi) is 5.46. The van der Waals surface area contributed by atoms with Crippen LogP contribution in [0.1, 0.15) is 22.8 Å². The first kappa shape index (κ1) is 16.7. The number of amides is 2. The molecule has 23 heavy (non-hydrogen) atoms. The lowest BCUT2D eigenvalue weighted by molar-refractivity contribution is -0.116. The molecule has 2 aromatic rings. The third-order valence-corrected chi connectivity index (χ3v) is 3.43. The largest absolute Gasteiger partial charge is 0.350 e. The van der Waals surface area contributed by atoms with Gasteiger partial charge in [0.2, 0.25) is 5.91 Å². The van der Waals surface area contributed by atoms with E-state index in [0.717, 1.165) is 11.3 Å². The van der Waals surface area contributed by atoms with Gasteiger partial charge in [-0.25, -0.2) is 4.39 Å². The van der Waals surface area contributed by atoms with Crippen LogP contribution in [0.15, 0.2) is 48.5 Å². The third-order valence-electron chi connectivity index (χ3n) is 3.43. The van der Waals surface area contributed by atoms with Gasteiger partial charge in [0.1, 0.15) is 5.82 Å². The number of nitrogens with zero attached hydrogens (tertiary/aromatic N) is 1. The van der Waals surface area contributed by atoms with Crippen LogP contribution < -0.4 is 10.2 Å². The molecule has 0 atom stereocenters. The number of anilines is 1. The molecule has 0 fully saturated rings. The summed E-state index contributed by atoms with van der Waals surface area (Å²) < 4.78 is 13.1. The standard InChI is InChI=1S/C18H19FN2O2/c1-13-6-8-17(9-7-13)21(14(2)22)11-10-20-18(23)15-4-3-5-16(19)12-15/h3-9,12H,10-11H2,1-2H3,(H,20,23). The smallest absolute Gasteiger partial charge is 0.251 e. The first-order chi connectivity index (χ1) is 11.0. The summed E-state index contributed by atoms with van der Waals surface area (Å²) in [6, 6.07) is 13.1. The van der Waals surface area contributed by atoms with E-state index < -0.39 is 5.82 Å². The molecule has 0 aromatic heterocycles. The summed E-state index contributed by atoms with van der Waals surface area (Å²) in [5.41, 5.74) is 2.15. The molecule has 120 valence electrons. The predicted molar refractivity (Wildman–Crippen MR) is 87.9 cm³/mol. The first-order valence-corrected chi connectivity index (χ1v) is 7.36. The SMILES string of the molecule is CC(=O)N(CCNC(=O)c1cccc(F)c1)c1ccc(C)cc1. The summed E-state index contributed by atoms with van der Waals surface area (Å²) in [5.74, 6) is -0.923. The second-order valence-electron chi connectivity index (χ2n) is 5.27. The number of benzene rings is 2. The zero-order valence-electron chi connectivity index (χ0n) is 13.2. The van der Waals surface area contributed by atoms with E-state index in [0.29, 0.717) is 6.54 Å². The monoisotopic (exact) mass is 314 g/mol. The van der Waals surface area contributed by atoms with Crippen molar-refractivity contribution in [3.05, 3.63) is 65.5 Å². The van der Waals surface area contributed by atoms with Crippen molar-refractivity contribution in [2.45, 2.75) is 13.8 Å². The summed E-state index contributed by atoms with van der Waals surface area (Å²) in [6.07, 6.45) is 0. The van der Waals surface area contributed by atoms with E-state index in [9.17, 15) is 14.0 Å². The lowest BCUT2D eigenvalue weighted by atomic mass is 10.2. The number of rotatable bonds is 5. The van der Waals surface area contributed by atoms with Crippen LogP contribution in [0.5, 0.6) is 0 Å². The van der Waals surface area contributed by atoms with Gasteiger partial charge in [-0.3, -0.25) is 9.59 Å². The number of carbonyl (C=O) groups excluding carboxylic acids is 2. The molecule has 1 N–H and O–H groups in total. The molecular weight excluding hydrogens is 295 g/mol. The molecule has 0 bridgehead atoms. The van der Waals surface area contributed by atoms with Gasteiger partial charge in [-0.1, -0.05) is 23.8 Å². The van der Waals surface area contributed by atoms with Crippen LogP contribution in [0.25, 0.3) is 0 Å². The van der Waals surface area contributed by atoms with Crippen LogP contribution in [0.3, 0.4) is 0 Å². The molecule has 2 amide bonds. The number of halogens is 1.